The Hall–Kier alpha value is -4.52. The van der Waals surface area contributed by atoms with Crippen molar-refractivity contribution in [3.8, 4) is 51.7 Å². The number of ether oxygens (including phenoxy) is 9. The molecule has 3 aromatic rings. The SMILES string of the molecule is CCCCCCCCCCOc1cc(OCCCCCCCCCC)c(S(OC(=O)O)(c2c(OCCCCCCCCCC)cc(OCCCCCCCCCC)cc2OCCCCCCCCCC)c2c(OCCCCCCCCCC)cc(OCCCCCCCCCC)cc2OCCCCCCCCCC)c(OCCCCCCCCCC)c1. The number of unbranched alkanes of at least 4 members (excludes halogenated alkanes) is 63. The highest BCUT2D eigenvalue weighted by Crippen LogP contribution is 2.81. The Morgan fingerprint density at radius 2 is 0.303 bits per heavy atom. The maximum atomic E-state index is 15.5. The minimum Gasteiger partial charge on any atom is -0.493 e. The van der Waals surface area contributed by atoms with E-state index in [2.05, 4.69) is 62.3 Å². The zero-order chi connectivity index (χ0) is 87.6. The van der Waals surface area contributed by atoms with Gasteiger partial charge in [-0.05, 0) is 57.8 Å². The standard InChI is InChI=1S/C109H196O12S/c1-10-19-28-37-46-55-64-73-82-112-97-91-100(115-85-76-67-58-49-40-31-22-13-4)106(101(92-97)116-86-77-68-59-50-41-32-23-14-5)122(121-109(110)111,107-102(117-87-78-69-60-51-42-33-24-15-6)93-98(113-83-74-65-56-47-38-29-20-11-2)94-103(107)118-88-79-70-61-52-43-34-25-16-7)108-104(119-89-80-71-62-53-44-35-26-17-8)95-99(114-84-75-66-57-48-39-30-21-12-3)96-105(108)120-90-81-72-63-54-45-36-27-18-9/h91-96H,10-90H2,1-9H3,(H,110,111). The van der Waals surface area contributed by atoms with E-state index in [0.717, 1.165) is 173 Å². The summed E-state index contributed by atoms with van der Waals surface area (Å²) in [6, 6.07) is 12.2. The first kappa shape index (κ1) is 112. The Balaban J connectivity index is 2.88. The van der Waals surface area contributed by atoms with Crippen molar-refractivity contribution in [2.45, 2.75) is 539 Å². The monoisotopic (exact) mass is 1730 g/mol. The Labute approximate surface area is 755 Å². The van der Waals surface area contributed by atoms with Crippen LogP contribution in [0.4, 0.5) is 4.79 Å². The largest absolute Gasteiger partial charge is 0.517 e. The van der Waals surface area contributed by atoms with E-state index in [1.807, 2.05) is 36.4 Å². The number of benzene rings is 3. The summed E-state index contributed by atoms with van der Waals surface area (Å²) in [5.74, 6) is 4.50. The highest BCUT2D eigenvalue weighted by atomic mass is 32.3. The molecular weight excluding hydrogens is 1530 g/mol. The molecule has 0 unspecified atom stereocenters. The molecule has 0 saturated carbocycles. The van der Waals surface area contributed by atoms with Gasteiger partial charge in [0, 0.05) is 46.7 Å². The van der Waals surface area contributed by atoms with Crippen molar-refractivity contribution in [3.63, 3.8) is 0 Å². The second-order valence-corrected chi connectivity index (χ2v) is 38.6. The van der Waals surface area contributed by atoms with Crippen molar-refractivity contribution in [1.29, 1.82) is 0 Å². The highest BCUT2D eigenvalue weighted by Gasteiger charge is 2.50. The van der Waals surface area contributed by atoms with Gasteiger partial charge in [-0.15, -0.1) is 0 Å². The lowest BCUT2D eigenvalue weighted by atomic mass is 10.1. The van der Waals surface area contributed by atoms with Crippen LogP contribution >= 0.6 is 10.3 Å². The molecule has 0 aromatic heterocycles. The van der Waals surface area contributed by atoms with Crippen LogP contribution in [0.15, 0.2) is 51.1 Å². The molecule has 0 heterocycles. The summed E-state index contributed by atoms with van der Waals surface area (Å²) in [5.41, 5.74) is 0. The number of carboxylic acid groups (broad SMARTS) is 1. The van der Waals surface area contributed by atoms with Crippen LogP contribution in [-0.2, 0) is 4.18 Å². The predicted molar refractivity (Wildman–Crippen MR) is 524 cm³/mol. The smallest absolute Gasteiger partial charge is 0.493 e. The molecule has 0 atom stereocenters. The van der Waals surface area contributed by atoms with E-state index < -0.39 is 16.5 Å². The fourth-order valence-electron chi connectivity index (χ4n) is 16.7. The third-order valence-corrected chi connectivity index (χ3v) is 27.7. The lowest BCUT2D eigenvalue weighted by Gasteiger charge is -2.43. The number of carbonyl (C=O) groups is 1. The predicted octanol–water partition coefficient (Wildman–Crippen LogP) is 37.3. The maximum Gasteiger partial charge on any atom is 0.517 e. The molecule has 1 N–H and O–H groups in total. The van der Waals surface area contributed by atoms with Gasteiger partial charge >= 0.3 is 6.16 Å². The van der Waals surface area contributed by atoms with Crippen LogP contribution in [0.5, 0.6) is 51.7 Å². The maximum absolute atomic E-state index is 15.5. The van der Waals surface area contributed by atoms with E-state index in [9.17, 15) is 5.11 Å². The molecule has 13 heteroatoms. The van der Waals surface area contributed by atoms with Gasteiger partial charge in [0.25, 0.3) is 0 Å². The van der Waals surface area contributed by atoms with E-state index in [1.54, 1.807) is 0 Å². The van der Waals surface area contributed by atoms with Crippen molar-refractivity contribution >= 4 is 16.5 Å². The molecule has 0 fully saturated rings. The van der Waals surface area contributed by atoms with E-state index in [1.165, 1.54) is 289 Å². The van der Waals surface area contributed by atoms with Crippen LogP contribution in [0, 0.1) is 0 Å². The zero-order valence-corrected chi connectivity index (χ0v) is 82.4. The molecule has 0 saturated heterocycles. The quantitative estimate of drug-likeness (QED) is 0.0540. The van der Waals surface area contributed by atoms with Crippen molar-refractivity contribution < 1.29 is 56.7 Å². The van der Waals surface area contributed by atoms with Gasteiger partial charge in [-0.3, -0.25) is 0 Å². The first-order chi connectivity index (χ1) is 60.2. The lowest BCUT2D eigenvalue weighted by molar-refractivity contribution is 0.149. The average Bonchev–Trinajstić information content (AvgIpc) is 0.705. The Morgan fingerprint density at radius 1 is 0.189 bits per heavy atom. The van der Waals surface area contributed by atoms with E-state index in [-0.39, 0.29) is 0 Å². The van der Waals surface area contributed by atoms with Crippen molar-refractivity contribution in [2.24, 2.45) is 0 Å². The molecule has 0 aliphatic heterocycles. The molecule has 3 rings (SSSR count). The van der Waals surface area contributed by atoms with Crippen LogP contribution in [-0.4, -0.2) is 70.7 Å². The molecule has 12 nitrogen and oxygen atoms in total. The second-order valence-electron chi connectivity index (χ2n) is 36.1. The molecule has 0 radical (unpaired) electrons. The first-order valence-electron chi connectivity index (χ1n) is 53.2. The van der Waals surface area contributed by atoms with Gasteiger partial charge in [-0.1, -0.05) is 467 Å². The molecular formula is C109H196O12S. The fourth-order valence-corrected chi connectivity index (χ4v) is 20.2. The van der Waals surface area contributed by atoms with Crippen molar-refractivity contribution in [2.75, 3.05) is 59.5 Å². The molecule has 0 spiro atoms. The molecule has 3 aromatic carbocycles. The van der Waals surface area contributed by atoms with E-state index in [4.69, 9.17) is 46.8 Å². The van der Waals surface area contributed by atoms with E-state index >= 15 is 4.79 Å². The topological polar surface area (TPSA) is 130 Å². The van der Waals surface area contributed by atoms with Gasteiger partial charge in [0.15, 0.2) is 0 Å². The third-order valence-electron chi connectivity index (χ3n) is 24.4. The highest BCUT2D eigenvalue weighted by molar-refractivity contribution is 8.30. The normalized spacial score (nSPS) is 11.7. The van der Waals surface area contributed by atoms with Crippen molar-refractivity contribution in [1.82, 2.24) is 0 Å². The molecule has 122 heavy (non-hydrogen) atoms. The summed E-state index contributed by atoms with van der Waals surface area (Å²) in [7, 11) is -3.97. The van der Waals surface area contributed by atoms with Gasteiger partial charge in [-0.2, -0.15) is 0 Å². The van der Waals surface area contributed by atoms with Gasteiger partial charge in [0.1, 0.15) is 66.4 Å². The minimum absolute atomic E-state index is 0.369. The van der Waals surface area contributed by atoms with Gasteiger partial charge < -0.3 is 51.9 Å². The molecule has 0 bridgehead atoms. The number of rotatable bonds is 94. The Morgan fingerprint density at radius 3 is 0.426 bits per heavy atom. The Bertz CT molecular complexity index is 2400. The second kappa shape index (κ2) is 82.2. The minimum atomic E-state index is -3.97. The summed E-state index contributed by atoms with van der Waals surface area (Å²) < 4.78 is 74.6. The molecule has 0 amide bonds. The zero-order valence-electron chi connectivity index (χ0n) is 81.6. The third kappa shape index (κ3) is 55.3. The summed E-state index contributed by atoms with van der Waals surface area (Å²) >= 11 is 0. The molecule has 710 valence electrons. The van der Waals surface area contributed by atoms with Crippen LogP contribution in [0.3, 0.4) is 0 Å². The van der Waals surface area contributed by atoms with Crippen LogP contribution in [0.2, 0.25) is 0 Å². The summed E-state index contributed by atoms with van der Waals surface area (Å²) in [6.45, 7) is 24.3. The lowest BCUT2D eigenvalue weighted by Crippen LogP contribution is -2.20. The first-order valence-corrected chi connectivity index (χ1v) is 54.7. The van der Waals surface area contributed by atoms with Crippen molar-refractivity contribution in [3.05, 3.63) is 36.4 Å². The number of hydrogen-bond donors (Lipinski definition) is 1. The molecule has 0 aliphatic rings. The Kier molecular flexibility index (Phi) is 75.2. The summed E-state index contributed by atoms with van der Waals surface area (Å²) in [6.07, 6.45) is 80.8. The average molecular weight is 1730 g/mol. The number of hydrogen-bond acceptors (Lipinski definition) is 11. The van der Waals surface area contributed by atoms with Crippen LogP contribution in [0.25, 0.3) is 0 Å². The van der Waals surface area contributed by atoms with Gasteiger partial charge in [0.2, 0.25) is 0 Å². The fraction of sp³-hybridized carbons (Fsp3) is 0.826. The van der Waals surface area contributed by atoms with Gasteiger partial charge in [-0.25, -0.2) is 4.79 Å². The van der Waals surface area contributed by atoms with Crippen LogP contribution in [0.1, 0.15) is 525 Å². The molecule has 0 aliphatic carbocycles. The van der Waals surface area contributed by atoms with Gasteiger partial charge in [0.05, 0.1) is 59.5 Å². The van der Waals surface area contributed by atoms with Crippen LogP contribution < -0.4 is 42.6 Å². The summed E-state index contributed by atoms with van der Waals surface area (Å²) in [4.78, 5) is 16.9. The summed E-state index contributed by atoms with van der Waals surface area (Å²) in [5, 5.41) is 12.7. The van der Waals surface area contributed by atoms with E-state index in [0.29, 0.717) is 126 Å².